The third-order valence-corrected chi connectivity index (χ3v) is 4.77. The minimum Gasteiger partial charge on any atom is -0.362 e. The number of hydrogen-bond donors (Lipinski definition) is 2. The third kappa shape index (κ3) is 6.02. The van der Waals surface area contributed by atoms with Gasteiger partial charge >= 0.3 is 0 Å². The largest absolute Gasteiger partial charge is 0.362 e. The molecule has 5 heteroatoms. The van der Waals surface area contributed by atoms with Gasteiger partial charge < -0.3 is 15.5 Å². The lowest BCUT2D eigenvalue weighted by Crippen LogP contribution is -2.37. The molecule has 0 saturated heterocycles. The molecule has 0 radical (unpaired) electrons. The van der Waals surface area contributed by atoms with Crippen LogP contribution >= 0.6 is 0 Å². The maximum atomic E-state index is 4.43. The van der Waals surface area contributed by atoms with Crippen LogP contribution in [0, 0.1) is 5.92 Å². The molecule has 5 nitrogen and oxygen atoms in total. The molecule has 0 amide bonds. The van der Waals surface area contributed by atoms with Crippen LogP contribution in [0.4, 0.5) is 5.82 Å². The van der Waals surface area contributed by atoms with E-state index in [9.17, 15) is 0 Å². The van der Waals surface area contributed by atoms with Crippen molar-refractivity contribution in [1.29, 1.82) is 0 Å². The van der Waals surface area contributed by atoms with E-state index in [-0.39, 0.29) is 0 Å². The number of nitrogens with zero attached hydrogens (tertiary/aromatic N) is 3. The van der Waals surface area contributed by atoms with E-state index in [1.54, 1.807) is 0 Å². The summed E-state index contributed by atoms with van der Waals surface area (Å²) in [6.45, 7) is 1.72. The predicted molar refractivity (Wildman–Crippen MR) is 103 cm³/mol. The number of hydrogen-bond acceptors (Lipinski definition) is 3. The first-order chi connectivity index (χ1) is 11.7. The van der Waals surface area contributed by atoms with Crippen LogP contribution in [-0.4, -0.2) is 38.6 Å². The molecule has 0 unspecified atom stereocenters. The maximum absolute atomic E-state index is 4.43. The molecule has 0 aromatic carbocycles. The Morgan fingerprint density at radius 1 is 1.25 bits per heavy atom. The first kappa shape index (κ1) is 18.6. The van der Waals surface area contributed by atoms with Gasteiger partial charge in [0.05, 0.1) is 0 Å². The lowest BCUT2D eigenvalue weighted by molar-refractivity contribution is 0.332. The fourth-order valence-corrected chi connectivity index (χ4v) is 3.44. The molecular weight excluding hydrogens is 298 g/mol. The van der Waals surface area contributed by atoms with Crippen molar-refractivity contribution in [3.63, 3.8) is 0 Å². The number of pyridine rings is 1. The second kappa shape index (κ2) is 10.2. The van der Waals surface area contributed by atoms with Gasteiger partial charge in [-0.1, -0.05) is 38.2 Å². The van der Waals surface area contributed by atoms with E-state index in [0.29, 0.717) is 0 Å². The van der Waals surface area contributed by atoms with Crippen LogP contribution < -0.4 is 15.5 Å². The molecule has 2 rings (SSSR count). The van der Waals surface area contributed by atoms with Gasteiger partial charge in [-0.3, -0.25) is 4.99 Å². The lowest BCUT2D eigenvalue weighted by atomic mass is 9.86. The monoisotopic (exact) mass is 331 g/mol. The summed E-state index contributed by atoms with van der Waals surface area (Å²) in [6, 6.07) is 4.08. The Hall–Kier alpha value is -1.78. The van der Waals surface area contributed by atoms with Crippen molar-refractivity contribution in [3.8, 4) is 0 Å². The number of rotatable bonds is 7. The van der Waals surface area contributed by atoms with E-state index in [1.165, 1.54) is 50.5 Å². The Kier molecular flexibility index (Phi) is 7.86. The van der Waals surface area contributed by atoms with Gasteiger partial charge in [-0.25, -0.2) is 4.98 Å². The summed E-state index contributed by atoms with van der Waals surface area (Å²) in [5.41, 5.74) is 1.17. The number of guanidine groups is 1. The second-order valence-corrected chi connectivity index (χ2v) is 6.88. The minimum atomic E-state index is 0.726. The van der Waals surface area contributed by atoms with Gasteiger partial charge in [0.25, 0.3) is 0 Å². The molecule has 24 heavy (non-hydrogen) atoms. The van der Waals surface area contributed by atoms with Crippen molar-refractivity contribution in [1.82, 2.24) is 15.6 Å². The third-order valence-electron chi connectivity index (χ3n) is 4.77. The summed E-state index contributed by atoms with van der Waals surface area (Å²) >= 11 is 0. The molecule has 0 bridgehead atoms. The Balaban J connectivity index is 1.70. The summed E-state index contributed by atoms with van der Waals surface area (Å²) in [7, 11) is 5.86. The van der Waals surface area contributed by atoms with Gasteiger partial charge in [-0.05, 0) is 24.8 Å². The number of nitrogens with one attached hydrogen (secondary N) is 2. The van der Waals surface area contributed by atoms with Gasteiger partial charge in [0.15, 0.2) is 5.96 Å². The van der Waals surface area contributed by atoms with E-state index in [1.807, 2.05) is 38.3 Å². The molecule has 0 aliphatic heterocycles. The van der Waals surface area contributed by atoms with Gasteiger partial charge in [-0.2, -0.15) is 0 Å². The van der Waals surface area contributed by atoms with Gasteiger partial charge in [-0.15, -0.1) is 0 Å². The molecule has 134 valence electrons. The highest BCUT2D eigenvalue weighted by atomic mass is 15.2. The fraction of sp³-hybridized carbons (Fsp3) is 0.684. The summed E-state index contributed by atoms with van der Waals surface area (Å²) < 4.78 is 0. The highest BCUT2D eigenvalue weighted by Gasteiger charge is 2.12. The molecule has 0 atom stereocenters. The first-order valence-electron chi connectivity index (χ1n) is 9.26. The van der Waals surface area contributed by atoms with Gasteiger partial charge in [0.2, 0.25) is 0 Å². The summed E-state index contributed by atoms with van der Waals surface area (Å²) in [5.74, 6) is 2.82. The smallest absolute Gasteiger partial charge is 0.191 e. The molecule has 1 aliphatic rings. The van der Waals surface area contributed by atoms with E-state index in [2.05, 4.69) is 26.7 Å². The van der Waals surface area contributed by atoms with Crippen LogP contribution in [0.2, 0.25) is 0 Å². The molecule has 1 aliphatic carbocycles. The normalized spacial score (nSPS) is 16.0. The van der Waals surface area contributed by atoms with Gasteiger partial charge in [0, 0.05) is 46.0 Å². The number of anilines is 1. The highest BCUT2D eigenvalue weighted by molar-refractivity contribution is 5.79. The first-order valence-corrected chi connectivity index (χ1v) is 9.26. The lowest BCUT2D eigenvalue weighted by Gasteiger charge is -2.21. The number of aliphatic imine (C=N–C) groups is 1. The van der Waals surface area contributed by atoms with Crippen LogP contribution in [-0.2, 0) is 6.54 Å². The van der Waals surface area contributed by atoms with E-state index in [0.717, 1.165) is 30.8 Å². The van der Waals surface area contributed by atoms with E-state index in [4.69, 9.17) is 0 Å². The van der Waals surface area contributed by atoms with Gasteiger partial charge in [0.1, 0.15) is 5.82 Å². The van der Waals surface area contributed by atoms with Crippen LogP contribution in [0.25, 0.3) is 0 Å². The highest BCUT2D eigenvalue weighted by Crippen LogP contribution is 2.26. The van der Waals surface area contributed by atoms with Crippen molar-refractivity contribution in [2.24, 2.45) is 10.9 Å². The van der Waals surface area contributed by atoms with Crippen molar-refractivity contribution in [2.45, 2.75) is 51.5 Å². The Morgan fingerprint density at radius 3 is 2.75 bits per heavy atom. The van der Waals surface area contributed by atoms with E-state index >= 15 is 0 Å². The van der Waals surface area contributed by atoms with Crippen molar-refractivity contribution < 1.29 is 0 Å². The Labute approximate surface area is 147 Å². The van der Waals surface area contributed by atoms with E-state index < -0.39 is 0 Å². The van der Waals surface area contributed by atoms with Crippen molar-refractivity contribution in [3.05, 3.63) is 23.9 Å². The van der Waals surface area contributed by atoms with Crippen LogP contribution in [0.3, 0.4) is 0 Å². The maximum Gasteiger partial charge on any atom is 0.191 e. The zero-order chi connectivity index (χ0) is 17.2. The van der Waals surface area contributed by atoms with Crippen LogP contribution in [0.5, 0.6) is 0 Å². The van der Waals surface area contributed by atoms with Crippen molar-refractivity contribution in [2.75, 3.05) is 32.6 Å². The fourth-order valence-electron chi connectivity index (χ4n) is 3.44. The molecule has 1 heterocycles. The summed E-state index contributed by atoms with van der Waals surface area (Å²) in [5, 5.41) is 6.82. The zero-order valence-corrected chi connectivity index (χ0v) is 15.5. The molecule has 1 aromatic heterocycles. The standard InChI is InChI=1S/C19H33N5/c1-20-19(22-14-7-11-16-9-5-4-6-10-16)23-15-17-12-8-13-21-18(17)24(2)3/h8,12-13,16H,4-7,9-11,14-15H2,1-3H3,(H2,20,22,23). The molecule has 2 N–H and O–H groups in total. The number of aromatic nitrogens is 1. The average Bonchev–Trinajstić information content (AvgIpc) is 2.62. The Morgan fingerprint density at radius 2 is 2.04 bits per heavy atom. The molecule has 1 aromatic rings. The summed E-state index contributed by atoms with van der Waals surface area (Å²) in [4.78, 5) is 10.8. The molecule has 0 spiro atoms. The molecule has 1 fully saturated rings. The predicted octanol–water partition coefficient (Wildman–Crippen LogP) is 3.17. The second-order valence-electron chi connectivity index (χ2n) is 6.88. The van der Waals surface area contributed by atoms with Crippen molar-refractivity contribution >= 4 is 11.8 Å². The Bertz CT molecular complexity index is 506. The average molecular weight is 332 g/mol. The van der Waals surface area contributed by atoms with Crippen LogP contribution in [0.15, 0.2) is 23.3 Å². The molecule has 1 saturated carbocycles. The summed E-state index contributed by atoms with van der Waals surface area (Å²) in [6.07, 6.45) is 11.6. The minimum absolute atomic E-state index is 0.726. The molecular formula is C19H33N5. The quantitative estimate of drug-likeness (QED) is 0.458. The topological polar surface area (TPSA) is 52.6 Å². The van der Waals surface area contributed by atoms with Crippen LogP contribution in [0.1, 0.15) is 50.5 Å². The SMILES string of the molecule is CN=C(NCCCC1CCCCC1)NCc1cccnc1N(C)C. The zero-order valence-electron chi connectivity index (χ0n) is 15.5.